The first kappa shape index (κ1) is 11.2. The number of hydrogen-bond donors (Lipinski definition) is 1. The van der Waals surface area contributed by atoms with E-state index in [1.807, 2.05) is 19.9 Å². The molecule has 2 nitrogen and oxygen atoms in total. The molecule has 0 spiro atoms. The second-order valence-corrected chi connectivity index (χ2v) is 5.23. The summed E-state index contributed by atoms with van der Waals surface area (Å²) in [6.45, 7) is 3.90. The third-order valence-corrected chi connectivity index (χ3v) is 3.66. The van der Waals surface area contributed by atoms with Gasteiger partial charge < -0.3 is 9.90 Å². The van der Waals surface area contributed by atoms with Gasteiger partial charge in [0.1, 0.15) is 12.0 Å². The molecule has 0 heterocycles. The van der Waals surface area contributed by atoms with Crippen LogP contribution in [-0.4, -0.2) is 11.4 Å². The fraction of sp³-hybridized carbons (Fsp3) is 0.500. The zero-order valence-electron chi connectivity index (χ0n) is 9.86. The van der Waals surface area contributed by atoms with Crippen LogP contribution in [0.15, 0.2) is 18.2 Å². The second kappa shape index (κ2) is 3.93. The summed E-state index contributed by atoms with van der Waals surface area (Å²) in [5.74, 6) is 0.493. The van der Waals surface area contributed by atoms with Crippen LogP contribution in [0.4, 0.5) is 0 Å². The number of aldehydes is 1. The van der Waals surface area contributed by atoms with Gasteiger partial charge in [-0.05, 0) is 36.8 Å². The van der Waals surface area contributed by atoms with Gasteiger partial charge >= 0.3 is 0 Å². The van der Waals surface area contributed by atoms with Crippen molar-refractivity contribution >= 4 is 6.29 Å². The smallest absolute Gasteiger partial charge is 0.126 e. The molecule has 0 radical (unpaired) electrons. The van der Waals surface area contributed by atoms with Gasteiger partial charge in [-0.3, -0.25) is 0 Å². The monoisotopic (exact) mass is 218 g/mol. The van der Waals surface area contributed by atoms with E-state index >= 15 is 0 Å². The number of fused-ring (bicyclic) bond motifs is 1. The Hall–Kier alpha value is -1.31. The number of aromatic hydroxyl groups is 1. The van der Waals surface area contributed by atoms with E-state index in [-0.39, 0.29) is 5.92 Å². The molecular formula is C14H18O2. The molecule has 1 aliphatic rings. The first-order valence-corrected chi connectivity index (χ1v) is 5.83. The molecular weight excluding hydrogens is 200 g/mol. The largest absolute Gasteiger partial charge is 0.508 e. The van der Waals surface area contributed by atoms with Crippen molar-refractivity contribution in [3.8, 4) is 5.75 Å². The molecule has 0 saturated heterocycles. The van der Waals surface area contributed by atoms with Gasteiger partial charge in [0.15, 0.2) is 0 Å². The van der Waals surface area contributed by atoms with Gasteiger partial charge in [0.25, 0.3) is 0 Å². The van der Waals surface area contributed by atoms with Crippen LogP contribution in [0.1, 0.15) is 43.7 Å². The predicted octanol–water partition coefficient (Wildman–Crippen LogP) is 3.04. The van der Waals surface area contributed by atoms with Crippen molar-refractivity contribution in [3.05, 3.63) is 29.3 Å². The van der Waals surface area contributed by atoms with Gasteiger partial charge in [0.05, 0.1) is 0 Å². The maximum absolute atomic E-state index is 11.2. The SMILES string of the molecule is CC(C)(C=O)C1CCCc2cccc(O)c21. The zero-order chi connectivity index (χ0) is 11.8. The molecule has 0 amide bonds. The van der Waals surface area contributed by atoms with Gasteiger partial charge in [-0.15, -0.1) is 0 Å². The van der Waals surface area contributed by atoms with E-state index in [2.05, 4.69) is 6.07 Å². The van der Waals surface area contributed by atoms with Gasteiger partial charge in [0.2, 0.25) is 0 Å². The standard InChI is InChI=1S/C14H18O2/c1-14(2,9-15)11-7-3-5-10-6-4-8-12(16)13(10)11/h4,6,8-9,11,16H,3,5,7H2,1-2H3. The average Bonchev–Trinajstić information content (AvgIpc) is 2.29. The number of carbonyl (C=O) groups is 1. The van der Waals surface area contributed by atoms with Crippen LogP contribution < -0.4 is 0 Å². The minimum absolute atomic E-state index is 0.148. The third kappa shape index (κ3) is 1.73. The maximum Gasteiger partial charge on any atom is 0.126 e. The van der Waals surface area contributed by atoms with Crippen LogP contribution in [0, 0.1) is 5.41 Å². The van der Waals surface area contributed by atoms with E-state index in [9.17, 15) is 9.90 Å². The van der Waals surface area contributed by atoms with Crippen molar-refractivity contribution < 1.29 is 9.90 Å². The lowest BCUT2D eigenvalue weighted by atomic mass is 9.69. The van der Waals surface area contributed by atoms with Crippen molar-refractivity contribution in [2.45, 2.75) is 39.0 Å². The molecule has 0 aliphatic heterocycles. The summed E-state index contributed by atoms with van der Waals surface area (Å²) in [5, 5.41) is 9.97. The van der Waals surface area contributed by atoms with Crippen LogP contribution in [-0.2, 0) is 11.2 Å². The molecule has 1 unspecified atom stereocenters. The molecule has 2 heteroatoms. The molecule has 0 bridgehead atoms. The van der Waals surface area contributed by atoms with Crippen LogP contribution in [0.25, 0.3) is 0 Å². The Morgan fingerprint density at radius 3 is 2.88 bits per heavy atom. The number of aryl methyl sites for hydroxylation is 1. The number of rotatable bonds is 2. The van der Waals surface area contributed by atoms with E-state index in [0.29, 0.717) is 5.75 Å². The average molecular weight is 218 g/mol. The molecule has 1 aliphatic carbocycles. The molecule has 86 valence electrons. The molecule has 1 aromatic rings. The molecule has 1 aromatic carbocycles. The van der Waals surface area contributed by atoms with E-state index in [4.69, 9.17) is 0 Å². The van der Waals surface area contributed by atoms with Crippen molar-refractivity contribution in [2.75, 3.05) is 0 Å². The fourth-order valence-corrected chi connectivity index (χ4v) is 2.69. The lowest BCUT2D eigenvalue weighted by Gasteiger charge is -2.35. The highest BCUT2D eigenvalue weighted by atomic mass is 16.3. The molecule has 0 aromatic heterocycles. The van der Waals surface area contributed by atoms with Gasteiger partial charge in [0, 0.05) is 11.0 Å². The first-order valence-electron chi connectivity index (χ1n) is 5.83. The summed E-state index contributed by atoms with van der Waals surface area (Å²) < 4.78 is 0. The minimum Gasteiger partial charge on any atom is -0.508 e. The molecule has 1 atom stereocenters. The quantitative estimate of drug-likeness (QED) is 0.775. The van der Waals surface area contributed by atoms with Crippen molar-refractivity contribution in [3.63, 3.8) is 0 Å². The summed E-state index contributed by atoms with van der Waals surface area (Å²) in [5.41, 5.74) is 1.80. The number of benzene rings is 1. The van der Waals surface area contributed by atoms with Crippen LogP contribution in [0.5, 0.6) is 5.75 Å². The number of phenols is 1. The first-order chi connectivity index (χ1) is 7.56. The Morgan fingerprint density at radius 1 is 1.44 bits per heavy atom. The van der Waals surface area contributed by atoms with Crippen molar-refractivity contribution in [1.82, 2.24) is 0 Å². The van der Waals surface area contributed by atoms with E-state index in [1.54, 1.807) is 6.07 Å². The van der Waals surface area contributed by atoms with Gasteiger partial charge in [-0.2, -0.15) is 0 Å². The second-order valence-electron chi connectivity index (χ2n) is 5.23. The lowest BCUT2D eigenvalue weighted by molar-refractivity contribution is -0.115. The van der Waals surface area contributed by atoms with Gasteiger partial charge in [-0.1, -0.05) is 26.0 Å². The maximum atomic E-state index is 11.2. The van der Waals surface area contributed by atoms with Gasteiger partial charge in [-0.25, -0.2) is 0 Å². The Morgan fingerprint density at radius 2 is 2.19 bits per heavy atom. The zero-order valence-corrected chi connectivity index (χ0v) is 9.86. The normalized spacial score (nSPS) is 20.2. The van der Waals surface area contributed by atoms with E-state index in [0.717, 1.165) is 31.1 Å². The molecule has 2 rings (SSSR count). The summed E-state index contributed by atoms with van der Waals surface area (Å²) >= 11 is 0. The van der Waals surface area contributed by atoms with E-state index < -0.39 is 5.41 Å². The highest BCUT2D eigenvalue weighted by molar-refractivity contribution is 5.62. The molecule has 1 N–H and O–H groups in total. The highest BCUT2D eigenvalue weighted by Gasteiger charge is 2.35. The van der Waals surface area contributed by atoms with Crippen molar-refractivity contribution in [2.24, 2.45) is 5.41 Å². The topological polar surface area (TPSA) is 37.3 Å². The van der Waals surface area contributed by atoms with Crippen LogP contribution >= 0.6 is 0 Å². The Labute approximate surface area is 96.3 Å². The predicted molar refractivity (Wildman–Crippen MR) is 63.6 cm³/mol. The van der Waals surface area contributed by atoms with Crippen LogP contribution in [0.3, 0.4) is 0 Å². The lowest BCUT2D eigenvalue weighted by Crippen LogP contribution is -2.27. The summed E-state index contributed by atoms with van der Waals surface area (Å²) in [6, 6.07) is 5.66. The van der Waals surface area contributed by atoms with Crippen molar-refractivity contribution in [1.29, 1.82) is 0 Å². The third-order valence-electron chi connectivity index (χ3n) is 3.66. The number of hydrogen-bond acceptors (Lipinski definition) is 2. The number of phenolic OH excluding ortho intramolecular Hbond substituents is 1. The van der Waals surface area contributed by atoms with Crippen LogP contribution in [0.2, 0.25) is 0 Å². The van der Waals surface area contributed by atoms with E-state index in [1.165, 1.54) is 5.56 Å². The minimum atomic E-state index is -0.395. The molecule has 0 saturated carbocycles. The number of carbonyl (C=O) groups excluding carboxylic acids is 1. The summed E-state index contributed by atoms with van der Waals surface area (Å²) in [4.78, 5) is 11.2. The summed E-state index contributed by atoms with van der Waals surface area (Å²) in [7, 11) is 0. The molecule has 0 fully saturated rings. The molecule has 16 heavy (non-hydrogen) atoms. The highest BCUT2D eigenvalue weighted by Crippen LogP contribution is 2.46. The fourth-order valence-electron chi connectivity index (χ4n) is 2.69. The Bertz CT molecular complexity index is 407. The summed E-state index contributed by atoms with van der Waals surface area (Å²) in [6.07, 6.45) is 4.10. The Balaban J connectivity index is 2.51. The Kier molecular flexibility index (Phi) is 2.75.